The highest BCUT2D eigenvalue weighted by Crippen LogP contribution is 2.18. The Hall–Kier alpha value is -1.91. The van der Waals surface area contributed by atoms with Gasteiger partial charge >= 0.3 is 0 Å². The molecule has 0 saturated carbocycles. The maximum atomic E-state index is 13.6. The number of halogens is 1. The zero-order chi connectivity index (χ0) is 16.1. The summed E-state index contributed by atoms with van der Waals surface area (Å²) in [6.07, 6.45) is 2.15. The maximum absolute atomic E-state index is 13.6. The maximum Gasteiger partial charge on any atom is 0.129 e. The Labute approximate surface area is 136 Å². The summed E-state index contributed by atoms with van der Waals surface area (Å²) in [5, 5.41) is 0. The molecule has 122 valence electrons. The minimum Gasteiger partial charge on any atom is -0.489 e. The van der Waals surface area contributed by atoms with Crippen molar-refractivity contribution in [2.75, 3.05) is 13.1 Å². The van der Waals surface area contributed by atoms with Crippen LogP contribution >= 0.6 is 0 Å². The summed E-state index contributed by atoms with van der Waals surface area (Å²) in [6.45, 7) is 3.32. The van der Waals surface area contributed by atoms with Crippen molar-refractivity contribution in [1.82, 2.24) is 4.90 Å². The Balaban J connectivity index is 1.52. The Kier molecular flexibility index (Phi) is 5.26. The second-order valence-electron chi connectivity index (χ2n) is 6.14. The van der Waals surface area contributed by atoms with E-state index in [0.29, 0.717) is 11.6 Å². The van der Waals surface area contributed by atoms with E-state index < -0.39 is 0 Å². The molecule has 0 spiro atoms. The minimum atomic E-state index is -0.229. The van der Waals surface area contributed by atoms with Gasteiger partial charge in [-0.15, -0.1) is 0 Å². The Morgan fingerprint density at radius 2 is 1.74 bits per heavy atom. The molecule has 0 atom stereocenters. The Morgan fingerprint density at radius 1 is 1.04 bits per heavy atom. The number of likely N-dealkylation sites (tertiary alicyclic amines) is 1. The molecule has 4 heteroatoms. The van der Waals surface area contributed by atoms with Crippen LogP contribution in [0.5, 0.6) is 5.75 Å². The SMILES string of the molecule is NC1CCN(Cc2ccc(OCc3ccccc3F)cc2)CC1. The molecule has 1 saturated heterocycles. The molecule has 1 aliphatic heterocycles. The molecular weight excluding hydrogens is 291 g/mol. The summed E-state index contributed by atoms with van der Waals surface area (Å²) in [4.78, 5) is 2.43. The molecule has 0 unspecified atom stereocenters. The lowest BCUT2D eigenvalue weighted by molar-refractivity contribution is 0.205. The van der Waals surface area contributed by atoms with Crippen LogP contribution in [0.4, 0.5) is 4.39 Å². The van der Waals surface area contributed by atoms with Gasteiger partial charge in [-0.3, -0.25) is 4.90 Å². The van der Waals surface area contributed by atoms with Crippen LogP contribution in [0.1, 0.15) is 24.0 Å². The van der Waals surface area contributed by atoms with Gasteiger partial charge in [-0.2, -0.15) is 0 Å². The Bertz CT molecular complexity index is 622. The van der Waals surface area contributed by atoms with Crippen molar-refractivity contribution in [3.8, 4) is 5.75 Å². The smallest absolute Gasteiger partial charge is 0.129 e. The number of nitrogens with zero attached hydrogens (tertiary/aromatic N) is 1. The topological polar surface area (TPSA) is 38.5 Å². The molecule has 0 aromatic heterocycles. The van der Waals surface area contributed by atoms with Crippen molar-refractivity contribution in [3.05, 3.63) is 65.5 Å². The second-order valence-corrected chi connectivity index (χ2v) is 6.14. The largest absolute Gasteiger partial charge is 0.489 e. The van der Waals surface area contributed by atoms with Crippen LogP contribution in [0, 0.1) is 5.82 Å². The van der Waals surface area contributed by atoms with Gasteiger partial charge < -0.3 is 10.5 Å². The molecule has 23 heavy (non-hydrogen) atoms. The van der Waals surface area contributed by atoms with E-state index in [9.17, 15) is 4.39 Å². The summed E-state index contributed by atoms with van der Waals surface area (Å²) in [5.41, 5.74) is 7.77. The van der Waals surface area contributed by atoms with Crippen LogP contribution < -0.4 is 10.5 Å². The number of hydrogen-bond donors (Lipinski definition) is 1. The summed E-state index contributed by atoms with van der Waals surface area (Å²) in [6, 6.07) is 15.1. The number of rotatable bonds is 5. The van der Waals surface area contributed by atoms with E-state index in [2.05, 4.69) is 17.0 Å². The first kappa shape index (κ1) is 16.0. The predicted octanol–water partition coefficient (Wildman–Crippen LogP) is 3.33. The summed E-state index contributed by atoms with van der Waals surface area (Å²) >= 11 is 0. The molecule has 0 radical (unpaired) electrons. The van der Waals surface area contributed by atoms with Gasteiger partial charge in [0.05, 0.1) is 0 Å². The van der Waals surface area contributed by atoms with E-state index in [1.807, 2.05) is 18.2 Å². The number of benzene rings is 2. The monoisotopic (exact) mass is 314 g/mol. The Morgan fingerprint density at radius 3 is 2.43 bits per heavy atom. The minimum absolute atomic E-state index is 0.229. The molecule has 2 aromatic rings. The highest BCUT2D eigenvalue weighted by atomic mass is 19.1. The lowest BCUT2D eigenvalue weighted by atomic mass is 10.1. The molecule has 1 aliphatic rings. The van der Waals surface area contributed by atoms with Crippen molar-refractivity contribution in [1.29, 1.82) is 0 Å². The third-order valence-electron chi connectivity index (χ3n) is 4.31. The van der Waals surface area contributed by atoms with Gasteiger partial charge in [0.25, 0.3) is 0 Å². The fraction of sp³-hybridized carbons (Fsp3) is 0.368. The third-order valence-corrected chi connectivity index (χ3v) is 4.31. The van der Waals surface area contributed by atoms with Gasteiger partial charge in [0, 0.05) is 18.2 Å². The number of ether oxygens (including phenoxy) is 1. The molecule has 0 aliphatic carbocycles. The van der Waals surface area contributed by atoms with E-state index in [-0.39, 0.29) is 12.4 Å². The second kappa shape index (κ2) is 7.57. The normalized spacial score (nSPS) is 16.4. The molecule has 0 bridgehead atoms. The number of piperidine rings is 1. The standard InChI is InChI=1S/C19H23FN2O/c20-19-4-2-1-3-16(19)14-23-18-7-5-15(6-8-18)13-22-11-9-17(21)10-12-22/h1-8,17H,9-14,21H2. The fourth-order valence-electron chi connectivity index (χ4n) is 2.84. The van der Waals surface area contributed by atoms with Crippen molar-refractivity contribution in [3.63, 3.8) is 0 Å². The summed E-state index contributed by atoms with van der Waals surface area (Å²) in [7, 11) is 0. The zero-order valence-electron chi connectivity index (χ0n) is 13.2. The van der Waals surface area contributed by atoms with Gasteiger partial charge in [-0.05, 0) is 49.7 Å². The van der Waals surface area contributed by atoms with Crippen molar-refractivity contribution < 1.29 is 9.13 Å². The number of hydrogen-bond acceptors (Lipinski definition) is 3. The summed E-state index contributed by atoms with van der Waals surface area (Å²) in [5.74, 6) is 0.532. The summed E-state index contributed by atoms with van der Waals surface area (Å²) < 4.78 is 19.2. The first-order valence-electron chi connectivity index (χ1n) is 8.14. The van der Waals surface area contributed by atoms with E-state index in [0.717, 1.165) is 38.2 Å². The van der Waals surface area contributed by atoms with Crippen molar-refractivity contribution >= 4 is 0 Å². The first-order valence-corrected chi connectivity index (χ1v) is 8.14. The van der Waals surface area contributed by atoms with E-state index in [1.54, 1.807) is 12.1 Å². The van der Waals surface area contributed by atoms with Crippen LogP contribution in [0.2, 0.25) is 0 Å². The van der Waals surface area contributed by atoms with Gasteiger partial charge in [-0.25, -0.2) is 4.39 Å². The quantitative estimate of drug-likeness (QED) is 0.920. The molecule has 0 amide bonds. The van der Waals surface area contributed by atoms with Crippen LogP contribution in [-0.4, -0.2) is 24.0 Å². The molecule has 1 heterocycles. The van der Waals surface area contributed by atoms with Crippen molar-refractivity contribution in [2.24, 2.45) is 5.73 Å². The van der Waals surface area contributed by atoms with Gasteiger partial charge in [0.15, 0.2) is 0 Å². The van der Waals surface area contributed by atoms with E-state index in [4.69, 9.17) is 10.5 Å². The van der Waals surface area contributed by atoms with Gasteiger partial charge in [-0.1, -0.05) is 30.3 Å². The van der Waals surface area contributed by atoms with Crippen LogP contribution in [0.15, 0.2) is 48.5 Å². The van der Waals surface area contributed by atoms with E-state index in [1.165, 1.54) is 11.6 Å². The number of nitrogens with two attached hydrogens (primary N) is 1. The lowest BCUT2D eigenvalue weighted by Gasteiger charge is -2.30. The predicted molar refractivity (Wildman–Crippen MR) is 89.7 cm³/mol. The highest BCUT2D eigenvalue weighted by molar-refractivity contribution is 5.28. The van der Waals surface area contributed by atoms with Crippen LogP contribution in [-0.2, 0) is 13.2 Å². The molecule has 2 N–H and O–H groups in total. The van der Waals surface area contributed by atoms with Gasteiger partial charge in [0.1, 0.15) is 18.2 Å². The lowest BCUT2D eigenvalue weighted by Crippen LogP contribution is -2.39. The average molecular weight is 314 g/mol. The molecule has 3 rings (SSSR count). The third kappa shape index (κ3) is 4.53. The van der Waals surface area contributed by atoms with Crippen LogP contribution in [0.3, 0.4) is 0 Å². The molecular formula is C19H23FN2O. The first-order chi connectivity index (χ1) is 11.2. The molecule has 1 fully saturated rings. The highest BCUT2D eigenvalue weighted by Gasteiger charge is 2.15. The molecule has 3 nitrogen and oxygen atoms in total. The zero-order valence-corrected chi connectivity index (χ0v) is 13.2. The van der Waals surface area contributed by atoms with Crippen molar-refractivity contribution in [2.45, 2.75) is 32.0 Å². The van der Waals surface area contributed by atoms with Crippen LogP contribution in [0.25, 0.3) is 0 Å². The van der Waals surface area contributed by atoms with E-state index >= 15 is 0 Å². The fourth-order valence-corrected chi connectivity index (χ4v) is 2.84. The van der Waals surface area contributed by atoms with Gasteiger partial charge in [0.2, 0.25) is 0 Å². The molecule has 2 aromatic carbocycles. The average Bonchev–Trinajstić information content (AvgIpc) is 2.58.